The zero-order chi connectivity index (χ0) is 53.1. The molecule has 4 heteroatoms. The third-order valence-electron chi connectivity index (χ3n) is 19.6. The first-order valence-electron chi connectivity index (χ1n) is 29.1. The van der Waals surface area contributed by atoms with Crippen LogP contribution in [0.1, 0.15) is 148 Å². The van der Waals surface area contributed by atoms with E-state index in [1.165, 1.54) is 128 Å². The maximum atomic E-state index is 2.76. The van der Waals surface area contributed by atoms with Gasteiger partial charge in [-0.3, -0.25) is 0 Å². The largest absolute Gasteiger partial charge is 0.311 e. The molecule has 0 atom stereocenters. The van der Waals surface area contributed by atoms with Crippen molar-refractivity contribution >= 4 is 74.3 Å². The minimum Gasteiger partial charge on any atom is -0.311 e. The average molecular weight is 1010 g/mol. The predicted molar refractivity (Wildman–Crippen MR) is 329 cm³/mol. The number of anilines is 9. The molecule has 2 heterocycles. The molecule has 77 heavy (non-hydrogen) atoms. The summed E-state index contributed by atoms with van der Waals surface area (Å²) < 4.78 is 0. The summed E-state index contributed by atoms with van der Waals surface area (Å²) in [5.74, 6) is 2.44. The predicted octanol–water partition coefficient (Wildman–Crippen LogP) is 17.9. The molecular formula is C73H76BN3. The van der Waals surface area contributed by atoms with E-state index in [2.05, 4.69) is 261 Å². The van der Waals surface area contributed by atoms with Crippen molar-refractivity contribution in [3.63, 3.8) is 0 Å². The van der Waals surface area contributed by atoms with Gasteiger partial charge in [0.05, 0.1) is 0 Å². The highest BCUT2D eigenvalue weighted by Gasteiger charge is 2.53. The van der Waals surface area contributed by atoms with Crippen molar-refractivity contribution in [2.75, 3.05) is 14.7 Å². The molecule has 3 nitrogen and oxygen atoms in total. The van der Waals surface area contributed by atoms with E-state index in [0.29, 0.717) is 0 Å². The van der Waals surface area contributed by atoms with Gasteiger partial charge < -0.3 is 14.7 Å². The molecule has 0 saturated heterocycles. The van der Waals surface area contributed by atoms with Crippen LogP contribution in [0.15, 0.2) is 170 Å². The first kappa shape index (κ1) is 48.6. The molecule has 4 fully saturated rings. The Morgan fingerprint density at radius 3 is 1.56 bits per heavy atom. The molecule has 4 saturated carbocycles. The Morgan fingerprint density at radius 1 is 0.429 bits per heavy atom. The lowest BCUT2D eigenvalue weighted by atomic mass is 9.33. The van der Waals surface area contributed by atoms with Gasteiger partial charge in [0.15, 0.2) is 0 Å². The molecule has 0 aromatic heterocycles. The Kier molecular flexibility index (Phi) is 10.6. The number of hydrogen-bond acceptors (Lipinski definition) is 3. The molecule has 8 aromatic rings. The van der Waals surface area contributed by atoms with Gasteiger partial charge in [0.2, 0.25) is 0 Å². The van der Waals surface area contributed by atoms with Crippen molar-refractivity contribution in [2.45, 2.75) is 142 Å². The molecule has 7 aliphatic rings. The van der Waals surface area contributed by atoms with Gasteiger partial charge in [0.1, 0.15) is 0 Å². The Bertz CT molecular complexity index is 3570. The van der Waals surface area contributed by atoms with Crippen LogP contribution in [0.25, 0.3) is 11.1 Å². The minimum atomic E-state index is -0.162. The summed E-state index contributed by atoms with van der Waals surface area (Å²) in [5.41, 5.74) is 26.3. The maximum absolute atomic E-state index is 2.76. The average Bonchev–Trinajstić information content (AvgIpc) is 3.79. The fourth-order valence-electron chi connectivity index (χ4n) is 16.0. The quantitative estimate of drug-likeness (QED) is 0.154. The molecule has 0 unspecified atom stereocenters. The fourth-order valence-corrected chi connectivity index (χ4v) is 16.0. The van der Waals surface area contributed by atoms with Crippen LogP contribution in [0.5, 0.6) is 0 Å². The van der Waals surface area contributed by atoms with E-state index in [0.717, 1.165) is 34.8 Å². The molecular weight excluding hydrogens is 930 g/mol. The number of nitrogens with zero attached hydrogens (tertiary/aromatic N) is 3. The number of rotatable bonds is 6. The smallest absolute Gasteiger partial charge is 0.252 e. The van der Waals surface area contributed by atoms with Crippen molar-refractivity contribution in [3.8, 4) is 11.1 Å². The lowest BCUT2D eigenvalue weighted by Gasteiger charge is -2.57. The summed E-state index contributed by atoms with van der Waals surface area (Å²) in [5, 5.41) is 0. The van der Waals surface area contributed by atoms with Gasteiger partial charge in [-0.25, -0.2) is 0 Å². The zero-order valence-electron chi connectivity index (χ0n) is 47.6. The van der Waals surface area contributed by atoms with E-state index >= 15 is 0 Å². The second-order valence-electron chi connectivity index (χ2n) is 28.2. The molecule has 0 N–H and O–H groups in total. The van der Waals surface area contributed by atoms with Crippen LogP contribution >= 0.6 is 0 Å². The molecule has 0 radical (unpaired) electrons. The van der Waals surface area contributed by atoms with Gasteiger partial charge in [0.25, 0.3) is 6.71 Å². The Morgan fingerprint density at radius 2 is 0.974 bits per heavy atom. The van der Waals surface area contributed by atoms with Crippen molar-refractivity contribution < 1.29 is 0 Å². The van der Waals surface area contributed by atoms with Crippen LogP contribution in [0, 0.1) is 17.8 Å². The highest BCUT2D eigenvalue weighted by molar-refractivity contribution is 7.00. The van der Waals surface area contributed by atoms with Gasteiger partial charge in [-0.15, -0.1) is 0 Å². The number of benzene rings is 8. The van der Waals surface area contributed by atoms with Crippen molar-refractivity contribution in [3.05, 3.63) is 203 Å². The molecule has 4 bridgehead atoms. The molecule has 2 aliphatic heterocycles. The van der Waals surface area contributed by atoms with E-state index in [1.54, 1.807) is 5.56 Å². The fraction of sp³-hybridized carbons (Fsp3) is 0.342. The first-order chi connectivity index (χ1) is 36.7. The Balaban J connectivity index is 1.10. The maximum Gasteiger partial charge on any atom is 0.252 e. The summed E-state index contributed by atoms with van der Waals surface area (Å²) in [6, 6.07) is 66.7. The summed E-state index contributed by atoms with van der Waals surface area (Å²) in [4.78, 5) is 7.95. The lowest BCUT2D eigenvalue weighted by molar-refractivity contribution is -0.00514. The van der Waals surface area contributed by atoms with Crippen LogP contribution in [-0.2, 0) is 27.1 Å². The monoisotopic (exact) mass is 1010 g/mol. The van der Waals surface area contributed by atoms with Crippen LogP contribution in [0.4, 0.5) is 51.2 Å². The van der Waals surface area contributed by atoms with Crippen LogP contribution in [0.3, 0.4) is 0 Å². The minimum absolute atomic E-state index is 0.0100. The van der Waals surface area contributed by atoms with Crippen molar-refractivity contribution in [1.29, 1.82) is 0 Å². The second kappa shape index (κ2) is 16.9. The van der Waals surface area contributed by atoms with Crippen molar-refractivity contribution in [2.24, 2.45) is 17.8 Å². The van der Waals surface area contributed by atoms with E-state index < -0.39 is 0 Å². The normalized spacial score (nSPS) is 21.3. The summed E-state index contributed by atoms with van der Waals surface area (Å²) in [6.07, 6.45) is 8.15. The topological polar surface area (TPSA) is 9.72 Å². The van der Waals surface area contributed by atoms with Gasteiger partial charge in [-0.2, -0.15) is 0 Å². The third-order valence-corrected chi connectivity index (χ3v) is 19.6. The molecule has 386 valence electrons. The third kappa shape index (κ3) is 7.65. The van der Waals surface area contributed by atoms with Crippen molar-refractivity contribution in [1.82, 2.24) is 0 Å². The Hall–Kier alpha value is -6.78. The van der Waals surface area contributed by atoms with Gasteiger partial charge in [0, 0.05) is 56.6 Å². The molecule has 5 aliphatic carbocycles. The lowest BCUT2D eigenvalue weighted by Crippen LogP contribution is -2.62. The standard InChI is InChI=1S/C73H76BN3/c1-69(2,3)49-26-31-64-63(38-49)74-62-30-28-56(75(53-20-14-12-15-21-53)54-22-16-13-17-23-54)42-65(62)76(55-27-29-59-58-24-18-19-25-60(58)72(10,11)61(59)41-55)66-39-52(73-43-46-32-47(44-73)34-48(33-46)45-73)40-67(68(66)74)77(64)57-36-50(70(4,5)6)35-51(37-57)71(7,8)9/h12-31,35-42,46-48H,32-34,43-45H2,1-11H3. The first-order valence-corrected chi connectivity index (χ1v) is 29.1. The second-order valence-corrected chi connectivity index (χ2v) is 28.2. The van der Waals surface area contributed by atoms with Crippen LogP contribution in [0.2, 0.25) is 0 Å². The van der Waals surface area contributed by atoms with E-state index in [-0.39, 0.29) is 33.8 Å². The summed E-state index contributed by atoms with van der Waals surface area (Å²) in [7, 11) is 0. The molecule has 15 rings (SSSR count). The number of hydrogen-bond donors (Lipinski definition) is 0. The summed E-state index contributed by atoms with van der Waals surface area (Å²) in [6.45, 7) is 26.3. The number of para-hydroxylation sites is 2. The van der Waals surface area contributed by atoms with Gasteiger partial charge in [-0.1, -0.05) is 167 Å². The Labute approximate surface area is 460 Å². The van der Waals surface area contributed by atoms with Crippen LogP contribution < -0.4 is 31.1 Å². The van der Waals surface area contributed by atoms with Gasteiger partial charge >= 0.3 is 0 Å². The van der Waals surface area contributed by atoms with E-state index in [9.17, 15) is 0 Å². The molecule has 0 spiro atoms. The SMILES string of the molecule is CC(C)(C)c1cc(N2c3ccc(C(C)(C)C)cc3B3c4ccc(N(c5ccccc5)c5ccccc5)cc4N(c4ccc5c(c4)C(C)(C)c4ccccc4-5)c4cc(C56CC7CC(CC(C7)C5)C6)cc2c43)cc(C(C)(C)C)c1. The zero-order valence-corrected chi connectivity index (χ0v) is 47.6. The number of fused-ring (bicyclic) bond motifs is 7. The van der Waals surface area contributed by atoms with Gasteiger partial charge in [-0.05, 0) is 218 Å². The summed E-state index contributed by atoms with van der Waals surface area (Å²) >= 11 is 0. The van der Waals surface area contributed by atoms with Crippen LogP contribution in [-0.4, -0.2) is 6.71 Å². The van der Waals surface area contributed by atoms with E-state index in [1.807, 2.05) is 0 Å². The molecule has 0 amide bonds. The highest BCUT2D eigenvalue weighted by Crippen LogP contribution is 2.62. The highest BCUT2D eigenvalue weighted by atomic mass is 15.2. The van der Waals surface area contributed by atoms with E-state index in [4.69, 9.17) is 0 Å². The molecule has 8 aromatic carbocycles.